The van der Waals surface area contributed by atoms with Gasteiger partial charge in [-0.2, -0.15) is 11.8 Å². The Morgan fingerprint density at radius 2 is 1.94 bits per heavy atom. The molecule has 2 fully saturated rings. The molecular formula is C11H15ClN4S. The van der Waals surface area contributed by atoms with Gasteiger partial charge in [-0.15, -0.1) is 0 Å². The molecule has 2 aliphatic rings. The molecule has 1 saturated carbocycles. The lowest BCUT2D eigenvalue weighted by atomic mass is 10.3. The van der Waals surface area contributed by atoms with Crippen molar-refractivity contribution in [1.29, 1.82) is 0 Å². The van der Waals surface area contributed by atoms with Gasteiger partial charge >= 0.3 is 0 Å². The summed E-state index contributed by atoms with van der Waals surface area (Å²) in [6.45, 7) is 1.98. The predicted molar refractivity (Wildman–Crippen MR) is 73.0 cm³/mol. The summed E-state index contributed by atoms with van der Waals surface area (Å²) >= 11 is 8.19. The van der Waals surface area contributed by atoms with Crippen molar-refractivity contribution in [2.24, 2.45) is 0 Å². The van der Waals surface area contributed by atoms with Gasteiger partial charge in [-0.25, -0.2) is 9.97 Å². The number of thioether (sulfide) groups is 1. The quantitative estimate of drug-likeness (QED) is 0.892. The van der Waals surface area contributed by atoms with Crippen LogP contribution in [0.1, 0.15) is 24.6 Å². The van der Waals surface area contributed by atoms with E-state index in [1.165, 1.54) is 12.8 Å². The SMILES string of the molecule is Nc1nc(C2CC2)nc(N2CCSCC2)c1Cl. The lowest BCUT2D eigenvalue weighted by Crippen LogP contribution is -2.33. The Morgan fingerprint density at radius 3 is 2.59 bits per heavy atom. The molecule has 2 heterocycles. The van der Waals surface area contributed by atoms with Crippen LogP contribution in [0.2, 0.25) is 5.02 Å². The number of anilines is 2. The molecule has 0 atom stereocenters. The first-order valence-electron chi connectivity index (χ1n) is 5.91. The molecule has 0 amide bonds. The third-order valence-electron chi connectivity index (χ3n) is 3.13. The largest absolute Gasteiger partial charge is 0.382 e. The first-order valence-corrected chi connectivity index (χ1v) is 7.44. The molecule has 17 heavy (non-hydrogen) atoms. The van der Waals surface area contributed by atoms with Crippen molar-refractivity contribution in [3.8, 4) is 0 Å². The highest BCUT2D eigenvalue weighted by molar-refractivity contribution is 7.99. The van der Waals surface area contributed by atoms with Crippen molar-refractivity contribution < 1.29 is 0 Å². The van der Waals surface area contributed by atoms with Gasteiger partial charge in [0.05, 0.1) is 0 Å². The Morgan fingerprint density at radius 1 is 1.24 bits per heavy atom. The molecule has 0 spiro atoms. The second kappa shape index (κ2) is 4.53. The zero-order chi connectivity index (χ0) is 11.8. The maximum Gasteiger partial charge on any atom is 0.153 e. The van der Waals surface area contributed by atoms with Crippen LogP contribution in [0.3, 0.4) is 0 Å². The fraction of sp³-hybridized carbons (Fsp3) is 0.636. The Hall–Kier alpha value is -0.680. The summed E-state index contributed by atoms with van der Waals surface area (Å²) in [6, 6.07) is 0. The molecule has 0 radical (unpaired) electrons. The highest BCUT2D eigenvalue weighted by atomic mass is 35.5. The van der Waals surface area contributed by atoms with Crippen LogP contribution >= 0.6 is 23.4 Å². The van der Waals surface area contributed by atoms with Crippen LogP contribution in [0.15, 0.2) is 0 Å². The maximum absolute atomic E-state index is 6.23. The second-order valence-corrected chi connectivity index (χ2v) is 6.08. The van der Waals surface area contributed by atoms with Gasteiger partial charge in [-0.1, -0.05) is 11.6 Å². The minimum Gasteiger partial charge on any atom is -0.382 e. The van der Waals surface area contributed by atoms with Crippen molar-refractivity contribution in [2.45, 2.75) is 18.8 Å². The van der Waals surface area contributed by atoms with Crippen LogP contribution in [0, 0.1) is 0 Å². The van der Waals surface area contributed by atoms with Gasteiger partial charge < -0.3 is 10.6 Å². The number of nitrogens with zero attached hydrogens (tertiary/aromatic N) is 3. The summed E-state index contributed by atoms with van der Waals surface area (Å²) < 4.78 is 0. The summed E-state index contributed by atoms with van der Waals surface area (Å²) in [6.07, 6.45) is 2.35. The average Bonchev–Trinajstić information content (AvgIpc) is 3.18. The van der Waals surface area contributed by atoms with Gasteiger partial charge in [0.1, 0.15) is 16.7 Å². The number of hydrogen-bond acceptors (Lipinski definition) is 5. The Bertz CT molecular complexity index is 430. The monoisotopic (exact) mass is 270 g/mol. The zero-order valence-corrected chi connectivity index (χ0v) is 11.1. The Kier molecular flexibility index (Phi) is 3.04. The molecular weight excluding hydrogens is 256 g/mol. The van der Waals surface area contributed by atoms with E-state index >= 15 is 0 Å². The van der Waals surface area contributed by atoms with Crippen molar-refractivity contribution in [3.05, 3.63) is 10.8 Å². The summed E-state index contributed by atoms with van der Waals surface area (Å²) in [4.78, 5) is 11.1. The van der Waals surface area contributed by atoms with Crippen LogP contribution in [0.4, 0.5) is 11.6 Å². The van der Waals surface area contributed by atoms with Crippen molar-refractivity contribution in [2.75, 3.05) is 35.2 Å². The highest BCUT2D eigenvalue weighted by Gasteiger charge is 2.29. The van der Waals surface area contributed by atoms with E-state index in [-0.39, 0.29) is 0 Å². The van der Waals surface area contributed by atoms with E-state index in [2.05, 4.69) is 14.9 Å². The molecule has 1 saturated heterocycles. The molecule has 4 nitrogen and oxygen atoms in total. The van der Waals surface area contributed by atoms with Crippen molar-refractivity contribution >= 4 is 35.0 Å². The number of hydrogen-bond donors (Lipinski definition) is 1. The Labute approximate surface area is 110 Å². The molecule has 0 unspecified atom stereocenters. The summed E-state index contributed by atoms with van der Waals surface area (Å²) in [7, 11) is 0. The molecule has 3 rings (SSSR count). The number of nitrogen functional groups attached to an aromatic ring is 1. The Balaban J connectivity index is 1.95. The minimum absolute atomic E-state index is 0.428. The van der Waals surface area contributed by atoms with Gasteiger partial charge in [-0.3, -0.25) is 0 Å². The van der Waals surface area contributed by atoms with Crippen LogP contribution in [0.5, 0.6) is 0 Å². The topological polar surface area (TPSA) is 55.0 Å². The van der Waals surface area contributed by atoms with E-state index in [1.807, 2.05) is 11.8 Å². The molecule has 1 aliphatic heterocycles. The van der Waals surface area contributed by atoms with Gasteiger partial charge in [0.15, 0.2) is 5.82 Å². The molecule has 1 aromatic rings. The van der Waals surface area contributed by atoms with Gasteiger partial charge in [0.2, 0.25) is 0 Å². The first-order chi connectivity index (χ1) is 8.25. The van der Waals surface area contributed by atoms with E-state index in [0.29, 0.717) is 16.8 Å². The van der Waals surface area contributed by atoms with Crippen LogP contribution in [0.25, 0.3) is 0 Å². The number of rotatable bonds is 2. The van der Waals surface area contributed by atoms with Gasteiger partial charge in [0, 0.05) is 30.5 Å². The molecule has 2 N–H and O–H groups in total. The highest BCUT2D eigenvalue weighted by Crippen LogP contribution is 2.40. The first kappa shape index (κ1) is 11.4. The van der Waals surface area contributed by atoms with Crippen molar-refractivity contribution in [3.63, 3.8) is 0 Å². The third-order valence-corrected chi connectivity index (χ3v) is 4.43. The number of halogens is 1. The number of aromatic nitrogens is 2. The summed E-state index contributed by atoms with van der Waals surface area (Å²) in [5.74, 6) is 4.89. The fourth-order valence-corrected chi connectivity index (χ4v) is 3.09. The van der Waals surface area contributed by atoms with E-state index in [4.69, 9.17) is 17.3 Å². The van der Waals surface area contributed by atoms with Crippen LogP contribution < -0.4 is 10.6 Å². The lowest BCUT2D eigenvalue weighted by Gasteiger charge is -2.28. The zero-order valence-electron chi connectivity index (χ0n) is 9.53. The van der Waals surface area contributed by atoms with Crippen LogP contribution in [-0.2, 0) is 0 Å². The van der Waals surface area contributed by atoms with E-state index in [0.717, 1.165) is 36.2 Å². The summed E-state index contributed by atoms with van der Waals surface area (Å²) in [5, 5.41) is 0.515. The predicted octanol–water partition coefficient (Wildman–Crippen LogP) is 2.14. The average molecular weight is 271 g/mol. The molecule has 1 aromatic heterocycles. The van der Waals surface area contributed by atoms with E-state index in [1.54, 1.807) is 0 Å². The third kappa shape index (κ3) is 2.31. The van der Waals surface area contributed by atoms with E-state index in [9.17, 15) is 0 Å². The summed E-state index contributed by atoms with van der Waals surface area (Å²) in [5.41, 5.74) is 5.88. The fourth-order valence-electron chi connectivity index (χ4n) is 1.98. The molecule has 92 valence electrons. The van der Waals surface area contributed by atoms with Crippen LogP contribution in [-0.4, -0.2) is 34.6 Å². The smallest absolute Gasteiger partial charge is 0.153 e. The normalized spacial score (nSPS) is 20.6. The van der Waals surface area contributed by atoms with Gasteiger partial charge in [-0.05, 0) is 12.8 Å². The number of nitrogens with two attached hydrogens (primary N) is 1. The molecule has 6 heteroatoms. The van der Waals surface area contributed by atoms with Gasteiger partial charge in [0.25, 0.3) is 0 Å². The van der Waals surface area contributed by atoms with Crippen molar-refractivity contribution in [1.82, 2.24) is 9.97 Å². The standard InChI is InChI=1S/C11H15ClN4S/c12-8-9(13)14-10(7-1-2-7)15-11(8)16-3-5-17-6-4-16/h7H,1-6H2,(H2,13,14,15). The second-order valence-electron chi connectivity index (χ2n) is 4.48. The minimum atomic E-state index is 0.428. The maximum atomic E-state index is 6.23. The molecule has 1 aliphatic carbocycles. The van der Waals surface area contributed by atoms with E-state index < -0.39 is 0 Å². The molecule has 0 bridgehead atoms. The lowest BCUT2D eigenvalue weighted by molar-refractivity contribution is 0.817. The molecule has 0 aromatic carbocycles.